The zero-order valence-corrected chi connectivity index (χ0v) is 10.8. The maximum Gasteiger partial charge on any atom is 0.124 e. The molecule has 2 rings (SSSR count). The van der Waals surface area contributed by atoms with E-state index in [1.54, 1.807) is 24.3 Å². The quantitative estimate of drug-likeness (QED) is 0.280. The van der Waals surface area contributed by atoms with E-state index < -0.39 is 0 Å². The van der Waals surface area contributed by atoms with E-state index in [-0.39, 0.29) is 11.7 Å². The van der Waals surface area contributed by atoms with Gasteiger partial charge in [0.1, 0.15) is 11.7 Å². The van der Waals surface area contributed by atoms with Gasteiger partial charge in [0, 0.05) is 22.5 Å². The van der Waals surface area contributed by atoms with Crippen LogP contribution >= 0.6 is 0 Å². The Hall–Kier alpha value is -3.02. The van der Waals surface area contributed by atoms with Crippen molar-refractivity contribution < 1.29 is 0 Å². The molecule has 0 aliphatic rings. The summed E-state index contributed by atoms with van der Waals surface area (Å²) < 4.78 is 0. The van der Waals surface area contributed by atoms with Crippen molar-refractivity contribution in [2.24, 2.45) is 11.5 Å². The number of anilines is 2. The second kappa shape index (κ2) is 4.93. The first kappa shape index (κ1) is 13.4. The van der Waals surface area contributed by atoms with Crippen LogP contribution in [0.15, 0.2) is 36.4 Å². The molecule has 0 amide bonds. The summed E-state index contributed by atoms with van der Waals surface area (Å²) in [7, 11) is 0. The Kier molecular flexibility index (Phi) is 3.30. The van der Waals surface area contributed by atoms with E-state index in [4.69, 9.17) is 33.8 Å². The predicted octanol–water partition coefficient (Wildman–Crippen LogP) is 1.09. The highest BCUT2D eigenvalue weighted by molar-refractivity contribution is 6.02. The van der Waals surface area contributed by atoms with Crippen LogP contribution in [0.3, 0.4) is 0 Å². The Morgan fingerprint density at radius 3 is 1.35 bits per heavy atom. The molecule has 0 spiro atoms. The highest BCUT2D eigenvalue weighted by Gasteiger charge is 2.08. The summed E-state index contributed by atoms with van der Waals surface area (Å²) in [4.78, 5) is 0. The smallest absolute Gasteiger partial charge is 0.124 e. The molecule has 2 aromatic carbocycles. The number of hydrogen-bond acceptors (Lipinski definition) is 4. The van der Waals surface area contributed by atoms with Gasteiger partial charge in [-0.05, 0) is 35.4 Å². The van der Waals surface area contributed by atoms with Crippen LogP contribution in [-0.4, -0.2) is 11.7 Å². The van der Waals surface area contributed by atoms with Crippen LogP contribution in [-0.2, 0) is 0 Å². The SMILES string of the molecule is N=C(N)c1cc(-c2ccc(N)c(C(=N)N)c2)ccc1N. The van der Waals surface area contributed by atoms with Gasteiger partial charge in [0.25, 0.3) is 0 Å². The van der Waals surface area contributed by atoms with Crippen LogP contribution in [0, 0.1) is 10.8 Å². The molecule has 2 aromatic rings. The first-order valence-electron chi connectivity index (χ1n) is 5.88. The lowest BCUT2D eigenvalue weighted by molar-refractivity contribution is 1.41. The minimum absolute atomic E-state index is 0.0911. The highest BCUT2D eigenvalue weighted by Crippen LogP contribution is 2.26. The molecule has 0 heterocycles. The summed E-state index contributed by atoms with van der Waals surface area (Å²) in [6, 6.07) is 10.5. The van der Waals surface area contributed by atoms with E-state index in [2.05, 4.69) is 0 Å². The molecular weight excluding hydrogens is 252 g/mol. The van der Waals surface area contributed by atoms with E-state index in [0.717, 1.165) is 11.1 Å². The number of nitrogens with two attached hydrogens (primary N) is 4. The number of nitrogen functional groups attached to an aromatic ring is 4. The van der Waals surface area contributed by atoms with Crippen LogP contribution in [0.4, 0.5) is 11.4 Å². The van der Waals surface area contributed by atoms with E-state index in [0.29, 0.717) is 22.5 Å². The fourth-order valence-corrected chi connectivity index (χ4v) is 1.94. The third-order valence-electron chi connectivity index (χ3n) is 3.02. The van der Waals surface area contributed by atoms with Gasteiger partial charge in [-0.15, -0.1) is 0 Å². The van der Waals surface area contributed by atoms with Gasteiger partial charge in [0.05, 0.1) is 0 Å². The second-order valence-electron chi connectivity index (χ2n) is 4.43. The summed E-state index contributed by atoms with van der Waals surface area (Å²) in [5, 5.41) is 15.0. The normalized spacial score (nSPS) is 10.2. The standard InChI is InChI=1S/C14H16N6/c15-11-3-1-7(5-9(11)13(17)18)8-2-4-12(16)10(6-8)14(19)20/h1-6H,15-16H2,(H3,17,18)(H3,19,20). The first-order chi connectivity index (χ1) is 9.40. The Morgan fingerprint density at radius 1 is 0.700 bits per heavy atom. The Balaban J connectivity index is 2.57. The van der Waals surface area contributed by atoms with Crippen molar-refractivity contribution in [3.8, 4) is 11.1 Å². The van der Waals surface area contributed by atoms with Crippen molar-refractivity contribution in [1.29, 1.82) is 10.8 Å². The van der Waals surface area contributed by atoms with E-state index in [9.17, 15) is 0 Å². The number of hydrogen-bond donors (Lipinski definition) is 6. The lowest BCUT2D eigenvalue weighted by atomic mass is 9.98. The second-order valence-corrected chi connectivity index (χ2v) is 4.43. The van der Waals surface area contributed by atoms with Crippen molar-refractivity contribution in [1.82, 2.24) is 0 Å². The largest absolute Gasteiger partial charge is 0.398 e. The van der Waals surface area contributed by atoms with Crippen molar-refractivity contribution in [3.05, 3.63) is 47.5 Å². The molecule has 6 nitrogen and oxygen atoms in total. The summed E-state index contributed by atoms with van der Waals surface area (Å²) in [5.41, 5.74) is 26.0. The highest BCUT2D eigenvalue weighted by atomic mass is 14.7. The number of benzene rings is 2. The molecule has 0 atom stereocenters. The molecule has 102 valence electrons. The topological polar surface area (TPSA) is 152 Å². The number of rotatable bonds is 3. The molecule has 0 radical (unpaired) electrons. The molecule has 0 fully saturated rings. The molecule has 10 N–H and O–H groups in total. The van der Waals surface area contributed by atoms with Crippen molar-refractivity contribution in [2.45, 2.75) is 0 Å². The van der Waals surface area contributed by atoms with Gasteiger partial charge in [0.15, 0.2) is 0 Å². The molecular formula is C14H16N6. The molecule has 20 heavy (non-hydrogen) atoms. The van der Waals surface area contributed by atoms with Gasteiger partial charge >= 0.3 is 0 Å². The maximum atomic E-state index is 7.50. The van der Waals surface area contributed by atoms with Crippen molar-refractivity contribution >= 4 is 23.0 Å². The van der Waals surface area contributed by atoms with Crippen molar-refractivity contribution in [2.75, 3.05) is 11.5 Å². The zero-order chi connectivity index (χ0) is 14.9. The summed E-state index contributed by atoms with van der Waals surface area (Å²) in [5.74, 6) is -0.182. The summed E-state index contributed by atoms with van der Waals surface area (Å²) in [6.45, 7) is 0. The zero-order valence-electron chi connectivity index (χ0n) is 10.8. The van der Waals surface area contributed by atoms with Gasteiger partial charge in [-0.2, -0.15) is 0 Å². The lowest BCUT2D eigenvalue weighted by Gasteiger charge is -2.10. The van der Waals surface area contributed by atoms with E-state index in [1.165, 1.54) is 0 Å². The Labute approximate surface area is 116 Å². The summed E-state index contributed by atoms with van der Waals surface area (Å²) in [6.07, 6.45) is 0. The fourth-order valence-electron chi connectivity index (χ4n) is 1.94. The third kappa shape index (κ3) is 2.39. The van der Waals surface area contributed by atoms with Crippen molar-refractivity contribution in [3.63, 3.8) is 0 Å². The lowest BCUT2D eigenvalue weighted by Crippen LogP contribution is -2.14. The molecule has 0 aliphatic heterocycles. The molecule has 0 aliphatic carbocycles. The van der Waals surface area contributed by atoms with Crippen LogP contribution in [0.25, 0.3) is 11.1 Å². The Bertz CT molecular complexity index is 643. The fraction of sp³-hybridized carbons (Fsp3) is 0. The molecule has 0 unspecified atom stereocenters. The molecule has 0 bridgehead atoms. The monoisotopic (exact) mass is 268 g/mol. The van der Waals surface area contributed by atoms with Gasteiger partial charge in [0.2, 0.25) is 0 Å². The van der Waals surface area contributed by atoms with Crippen LogP contribution in [0.1, 0.15) is 11.1 Å². The third-order valence-corrected chi connectivity index (χ3v) is 3.02. The van der Waals surface area contributed by atoms with Crippen LogP contribution in [0.2, 0.25) is 0 Å². The van der Waals surface area contributed by atoms with Crippen LogP contribution in [0.5, 0.6) is 0 Å². The van der Waals surface area contributed by atoms with Gasteiger partial charge in [-0.25, -0.2) is 0 Å². The minimum Gasteiger partial charge on any atom is -0.398 e. The molecule has 0 saturated heterocycles. The molecule has 0 saturated carbocycles. The predicted molar refractivity (Wildman–Crippen MR) is 82.7 cm³/mol. The van der Waals surface area contributed by atoms with Gasteiger partial charge in [-0.1, -0.05) is 12.1 Å². The van der Waals surface area contributed by atoms with Gasteiger partial charge in [-0.3, -0.25) is 10.8 Å². The number of amidine groups is 2. The maximum absolute atomic E-state index is 7.50. The van der Waals surface area contributed by atoms with Gasteiger partial charge < -0.3 is 22.9 Å². The van der Waals surface area contributed by atoms with E-state index in [1.807, 2.05) is 12.1 Å². The Morgan fingerprint density at radius 2 is 1.05 bits per heavy atom. The molecule has 0 aromatic heterocycles. The molecule has 6 heteroatoms. The minimum atomic E-state index is -0.0911. The average Bonchev–Trinajstić information content (AvgIpc) is 2.39. The summed E-state index contributed by atoms with van der Waals surface area (Å²) >= 11 is 0. The number of nitrogens with one attached hydrogen (secondary N) is 2. The van der Waals surface area contributed by atoms with Crippen LogP contribution < -0.4 is 22.9 Å². The van der Waals surface area contributed by atoms with E-state index >= 15 is 0 Å². The first-order valence-corrected chi connectivity index (χ1v) is 5.88. The average molecular weight is 268 g/mol.